The number of aldehydes is 1. The van der Waals surface area contributed by atoms with E-state index in [4.69, 9.17) is 0 Å². The highest BCUT2D eigenvalue weighted by Crippen LogP contribution is 2.14. The van der Waals surface area contributed by atoms with Gasteiger partial charge in [-0.3, -0.25) is 4.79 Å². The van der Waals surface area contributed by atoms with Crippen molar-refractivity contribution in [3.05, 3.63) is 32.9 Å². The fraction of sp³-hybridized carbons (Fsp3) is 0.462. The van der Waals surface area contributed by atoms with Gasteiger partial charge in [-0.05, 0) is 59.2 Å². The number of rotatable bonds is 6. The van der Waals surface area contributed by atoms with Crippen molar-refractivity contribution in [3.8, 4) is 0 Å². The number of hydrogen-bond donors (Lipinski definition) is 0. The maximum atomic E-state index is 10.7. The molecule has 0 heterocycles. The number of aryl methyl sites for hydroxylation is 1. The monoisotopic (exact) mass is 316 g/mol. The fourth-order valence-corrected chi connectivity index (χ4v) is 2.40. The number of benzene rings is 1. The van der Waals surface area contributed by atoms with Crippen LogP contribution in [0, 0.1) is 3.57 Å². The van der Waals surface area contributed by atoms with E-state index in [1.807, 2.05) is 12.1 Å². The van der Waals surface area contributed by atoms with Gasteiger partial charge in [0.1, 0.15) is 6.29 Å². The van der Waals surface area contributed by atoms with Gasteiger partial charge in [0.25, 0.3) is 0 Å². The van der Waals surface area contributed by atoms with Crippen molar-refractivity contribution < 1.29 is 4.79 Å². The van der Waals surface area contributed by atoms with Crippen LogP contribution in [0.2, 0.25) is 0 Å². The molecule has 1 aromatic carbocycles. The SMILES string of the molecule is CCCCCCc1cc(I)cc(C=O)c1. The van der Waals surface area contributed by atoms with Gasteiger partial charge in [0.15, 0.2) is 0 Å². The highest BCUT2D eigenvalue weighted by atomic mass is 127. The van der Waals surface area contributed by atoms with Crippen molar-refractivity contribution in [3.63, 3.8) is 0 Å². The Labute approximate surface area is 105 Å². The van der Waals surface area contributed by atoms with Crippen molar-refractivity contribution in [1.29, 1.82) is 0 Å². The van der Waals surface area contributed by atoms with Crippen LogP contribution in [0.5, 0.6) is 0 Å². The molecular formula is C13H17IO. The van der Waals surface area contributed by atoms with Crippen LogP contribution in [0.15, 0.2) is 18.2 Å². The summed E-state index contributed by atoms with van der Waals surface area (Å²) >= 11 is 2.26. The quantitative estimate of drug-likeness (QED) is 0.436. The minimum Gasteiger partial charge on any atom is -0.298 e. The van der Waals surface area contributed by atoms with Crippen LogP contribution in [0.4, 0.5) is 0 Å². The third kappa shape index (κ3) is 4.78. The smallest absolute Gasteiger partial charge is 0.150 e. The summed E-state index contributed by atoms with van der Waals surface area (Å²) in [5, 5.41) is 0. The molecule has 0 unspecified atom stereocenters. The van der Waals surface area contributed by atoms with E-state index in [-0.39, 0.29) is 0 Å². The summed E-state index contributed by atoms with van der Waals surface area (Å²) in [4.78, 5) is 10.7. The first-order chi connectivity index (χ1) is 7.26. The fourth-order valence-electron chi connectivity index (χ4n) is 1.64. The van der Waals surface area contributed by atoms with E-state index in [1.54, 1.807) is 0 Å². The molecule has 0 saturated heterocycles. The van der Waals surface area contributed by atoms with E-state index in [9.17, 15) is 4.79 Å². The lowest BCUT2D eigenvalue weighted by Gasteiger charge is -2.03. The third-order valence-corrected chi connectivity index (χ3v) is 3.06. The molecule has 0 aliphatic rings. The molecule has 0 spiro atoms. The van der Waals surface area contributed by atoms with Gasteiger partial charge in [0, 0.05) is 9.13 Å². The van der Waals surface area contributed by atoms with Gasteiger partial charge < -0.3 is 0 Å². The first-order valence-corrected chi connectivity index (χ1v) is 6.58. The molecule has 0 bridgehead atoms. The normalized spacial score (nSPS) is 10.3. The van der Waals surface area contributed by atoms with E-state index in [1.165, 1.54) is 31.2 Å². The van der Waals surface area contributed by atoms with Crippen LogP contribution in [-0.4, -0.2) is 6.29 Å². The first kappa shape index (κ1) is 12.7. The van der Waals surface area contributed by atoms with Crippen molar-refractivity contribution in [2.45, 2.75) is 39.0 Å². The van der Waals surface area contributed by atoms with Gasteiger partial charge in [-0.25, -0.2) is 0 Å². The Bertz CT molecular complexity index is 320. The van der Waals surface area contributed by atoms with Crippen LogP contribution in [0.25, 0.3) is 0 Å². The molecule has 1 rings (SSSR count). The zero-order valence-electron chi connectivity index (χ0n) is 9.13. The zero-order chi connectivity index (χ0) is 11.1. The average molecular weight is 316 g/mol. The summed E-state index contributed by atoms with van der Waals surface area (Å²) in [6.07, 6.45) is 7.12. The first-order valence-electron chi connectivity index (χ1n) is 5.51. The highest BCUT2D eigenvalue weighted by Gasteiger charge is 1.98. The third-order valence-electron chi connectivity index (χ3n) is 2.43. The minimum atomic E-state index is 0.799. The Kier molecular flexibility index (Phi) is 5.91. The molecule has 0 aliphatic heterocycles. The number of hydrogen-bond acceptors (Lipinski definition) is 1. The van der Waals surface area contributed by atoms with Gasteiger partial charge >= 0.3 is 0 Å². The maximum Gasteiger partial charge on any atom is 0.150 e. The Morgan fingerprint density at radius 2 is 2.00 bits per heavy atom. The summed E-state index contributed by atoms with van der Waals surface area (Å²) < 4.78 is 1.16. The predicted octanol–water partition coefficient (Wildman–Crippen LogP) is 4.23. The highest BCUT2D eigenvalue weighted by molar-refractivity contribution is 14.1. The van der Waals surface area contributed by atoms with Crippen LogP contribution < -0.4 is 0 Å². The molecule has 0 N–H and O–H groups in total. The topological polar surface area (TPSA) is 17.1 Å². The van der Waals surface area contributed by atoms with Crippen LogP contribution in [0.3, 0.4) is 0 Å². The van der Waals surface area contributed by atoms with Gasteiger partial charge in [-0.15, -0.1) is 0 Å². The van der Waals surface area contributed by atoms with E-state index in [2.05, 4.69) is 35.6 Å². The largest absolute Gasteiger partial charge is 0.298 e. The number of halogens is 1. The zero-order valence-corrected chi connectivity index (χ0v) is 11.3. The molecule has 0 fully saturated rings. The van der Waals surface area contributed by atoms with E-state index in [0.29, 0.717) is 0 Å². The molecule has 0 atom stereocenters. The van der Waals surface area contributed by atoms with Crippen LogP contribution in [-0.2, 0) is 6.42 Å². The lowest BCUT2D eigenvalue weighted by molar-refractivity contribution is 0.112. The Balaban J connectivity index is 2.53. The number of unbranched alkanes of at least 4 members (excludes halogenated alkanes) is 3. The summed E-state index contributed by atoms with van der Waals surface area (Å²) in [5.41, 5.74) is 2.09. The molecule has 0 saturated carbocycles. The summed E-state index contributed by atoms with van der Waals surface area (Å²) in [7, 11) is 0. The molecule has 0 aromatic heterocycles. The molecule has 2 heteroatoms. The van der Waals surface area contributed by atoms with Crippen LogP contribution >= 0.6 is 22.6 Å². The summed E-state index contributed by atoms with van der Waals surface area (Å²) in [6.45, 7) is 2.22. The molecule has 82 valence electrons. The van der Waals surface area contributed by atoms with Crippen LogP contribution in [0.1, 0.15) is 48.5 Å². The van der Waals surface area contributed by atoms with E-state index >= 15 is 0 Å². The summed E-state index contributed by atoms with van der Waals surface area (Å²) in [5.74, 6) is 0. The van der Waals surface area contributed by atoms with Gasteiger partial charge in [0.2, 0.25) is 0 Å². The molecule has 15 heavy (non-hydrogen) atoms. The van der Waals surface area contributed by atoms with E-state index < -0.39 is 0 Å². The van der Waals surface area contributed by atoms with E-state index in [0.717, 1.165) is 21.8 Å². The predicted molar refractivity (Wildman–Crippen MR) is 72.4 cm³/mol. The van der Waals surface area contributed by atoms with Crippen molar-refractivity contribution >= 4 is 28.9 Å². The molecule has 1 nitrogen and oxygen atoms in total. The van der Waals surface area contributed by atoms with Gasteiger partial charge in [0.05, 0.1) is 0 Å². The van der Waals surface area contributed by atoms with Crippen molar-refractivity contribution in [2.75, 3.05) is 0 Å². The standard InChI is InChI=1S/C13H17IO/c1-2-3-4-5-6-11-7-12(10-15)9-13(14)8-11/h7-10H,2-6H2,1H3. The maximum absolute atomic E-state index is 10.7. The Hall–Kier alpha value is -0.380. The molecule has 1 aromatic rings. The lowest BCUT2D eigenvalue weighted by Crippen LogP contribution is -1.90. The summed E-state index contributed by atoms with van der Waals surface area (Å²) in [6, 6.07) is 6.09. The second-order valence-electron chi connectivity index (χ2n) is 3.82. The molecule has 0 radical (unpaired) electrons. The second-order valence-corrected chi connectivity index (χ2v) is 5.07. The number of carbonyl (C=O) groups is 1. The molecule has 0 amide bonds. The number of carbonyl (C=O) groups excluding carboxylic acids is 1. The second kappa shape index (κ2) is 6.99. The Morgan fingerprint density at radius 1 is 1.20 bits per heavy atom. The average Bonchev–Trinajstić information content (AvgIpc) is 2.23. The lowest BCUT2D eigenvalue weighted by atomic mass is 10.0. The van der Waals surface area contributed by atoms with Crippen molar-refractivity contribution in [1.82, 2.24) is 0 Å². The molecule has 0 aliphatic carbocycles. The minimum absolute atomic E-state index is 0.799. The van der Waals surface area contributed by atoms with Gasteiger partial charge in [-0.2, -0.15) is 0 Å². The molecular weight excluding hydrogens is 299 g/mol. The van der Waals surface area contributed by atoms with Crippen molar-refractivity contribution in [2.24, 2.45) is 0 Å². The Morgan fingerprint density at radius 3 is 2.67 bits per heavy atom. The van der Waals surface area contributed by atoms with Gasteiger partial charge in [-0.1, -0.05) is 26.2 Å².